The smallest absolute Gasteiger partial charge is 0.417 e. The van der Waals surface area contributed by atoms with Crippen LogP contribution in [0.5, 0.6) is 0 Å². The number of nitrogens with one attached hydrogen (secondary N) is 1. The minimum absolute atomic E-state index is 0.0857. The summed E-state index contributed by atoms with van der Waals surface area (Å²) in [6, 6.07) is 1.85. The van der Waals surface area contributed by atoms with E-state index >= 15 is 0 Å². The molecule has 12 heteroatoms. The van der Waals surface area contributed by atoms with Crippen LogP contribution in [0.25, 0.3) is 5.82 Å². The minimum Gasteiger partial charge on any atom is -0.423 e. The van der Waals surface area contributed by atoms with Crippen LogP contribution in [0.2, 0.25) is 5.02 Å². The number of hydrogen-bond donors (Lipinski definition) is 1. The van der Waals surface area contributed by atoms with E-state index in [0.717, 1.165) is 29.7 Å². The van der Waals surface area contributed by atoms with Crippen molar-refractivity contribution in [2.75, 3.05) is 5.32 Å². The molecule has 0 aliphatic heterocycles. The second kappa shape index (κ2) is 6.89. The first-order valence-corrected chi connectivity index (χ1v) is 8.58. The Labute approximate surface area is 160 Å². The number of pyridine rings is 1. The van der Waals surface area contributed by atoms with Crippen molar-refractivity contribution in [1.29, 1.82) is 0 Å². The molecule has 4 rings (SSSR count). The highest BCUT2D eigenvalue weighted by molar-refractivity contribution is 6.32. The van der Waals surface area contributed by atoms with Gasteiger partial charge in [0.25, 0.3) is 5.56 Å². The largest absolute Gasteiger partial charge is 0.423 e. The third kappa shape index (κ3) is 3.70. The molecule has 0 atom stereocenters. The molecule has 0 amide bonds. The molecule has 1 saturated carbocycles. The van der Waals surface area contributed by atoms with Crippen LogP contribution in [0.3, 0.4) is 0 Å². The molecule has 0 radical (unpaired) electrons. The SMILES string of the molecule is O=c1c(Cl)c(NCc2nnc(C3CC3)o2)cnn1-c1ccc(C(F)(F)F)cn1. The van der Waals surface area contributed by atoms with E-state index in [4.69, 9.17) is 16.0 Å². The summed E-state index contributed by atoms with van der Waals surface area (Å²) < 4.78 is 44.2. The molecule has 1 N–H and O–H groups in total. The molecule has 3 aromatic heterocycles. The lowest BCUT2D eigenvalue weighted by Crippen LogP contribution is -2.23. The Morgan fingerprint density at radius 3 is 2.68 bits per heavy atom. The average molecular weight is 413 g/mol. The molecule has 0 aromatic carbocycles. The van der Waals surface area contributed by atoms with Gasteiger partial charge in [0.05, 0.1) is 24.0 Å². The summed E-state index contributed by atoms with van der Waals surface area (Å²) in [5.41, 5.74) is -1.44. The van der Waals surface area contributed by atoms with E-state index in [1.54, 1.807) is 0 Å². The fourth-order valence-corrected chi connectivity index (χ4v) is 2.60. The average Bonchev–Trinajstić information content (AvgIpc) is 3.41. The lowest BCUT2D eigenvalue weighted by atomic mass is 10.3. The Morgan fingerprint density at radius 2 is 2.04 bits per heavy atom. The molecule has 0 bridgehead atoms. The molecular formula is C16H12ClF3N6O2. The summed E-state index contributed by atoms with van der Waals surface area (Å²) in [7, 11) is 0. The minimum atomic E-state index is -4.52. The lowest BCUT2D eigenvalue weighted by molar-refractivity contribution is -0.137. The van der Waals surface area contributed by atoms with E-state index in [9.17, 15) is 18.0 Å². The molecule has 0 unspecified atom stereocenters. The number of alkyl halides is 3. The third-order valence-corrected chi connectivity index (χ3v) is 4.42. The molecule has 1 aliphatic carbocycles. The maximum atomic E-state index is 12.6. The number of halogens is 4. The zero-order valence-electron chi connectivity index (χ0n) is 14.1. The summed E-state index contributed by atoms with van der Waals surface area (Å²) in [4.78, 5) is 16.0. The molecule has 3 aromatic rings. The Morgan fingerprint density at radius 1 is 1.25 bits per heavy atom. The van der Waals surface area contributed by atoms with Crippen molar-refractivity contribution in [3.05, 3.63) is 57.2 Å². The molecule has 0 saturated heterocycles. The van der Waals surface area contributed by atoms with Crippen LogP contribution in [0.15, 0.2) is 33.7 Å². The van der Waals surface area contributed by atoms with E-state index in [1.807, 2.05) is 0 Å². The van der Waals surface area contributed by atoms with Crippen LogP contribution in [0.1, 0.15) is 36.1 Å². The number of anilines is 1. The first-order valence-electron chi connectivity index (χ1n) is 8.20. The monoisotopic (exact) mass is 412 g/mol. The zero-order chi connectivity index (χ0) is 19.9. The number of nitrogens with zero attached hydrogens (tertiary/aromatic N) is 5. The Kier molecular flexibility index (Phi) is 4.53. The standard InChI is InChI=1S/C16H12ClF3N6O2/c17-13-10(21-7-12-24-25-14(28-12)8-1-2-8)6-23-26(15(13)27)11-4-3-9(5-22-11)16(18,19)20/h3-6,8,21H,1-2,7H2. The van der Waals surface area contributed by atoms with Crippen LogP contribution in [0.4, 0.5) is 18.9 Å². The highest BCUT2D eigenvalue weighted by Gasteiger charge is 2.31. The second-order valence-corrected chi connectivity index (χ2v) is 6.53. The molecule has 28 heavy (non-hydrogen) atoms. The fraction of sp³-hybridized carbons (Fsp3) is 0.312. The van der Waals surface area contributed by atoms with Gasteiger partial charge in [-0.3, -0.25) is 4.79 Å². The number of aromatic nitrogens is 5. The summed E-state index contributed by atoms with van der Waals surface area (Å²) in [6.07, 6.45) is -0.580. The van der Waals surface area contributed by atoms with Gasteiger partial charge in [0, 0.05) is 12.1 Å². The van der Waals surface area contributed by atoms with E-state index in [2.05, 4.69) is 25.6 Å². The van der Waals surface area contributed by atoms with Gasteiger partial charge in [0.1, 0.15) is 5.02 Å². The molecule has 8 nitrogen and oxygen atoms in total. The third-order valence-electron chi connectivity index (χ3n) is 4.05. The molecule has 1 fully saturated rings. The van der Waals surface area contributed by atoms with Gasteiger partial charge in [-0.25, -0.2) is 4.98 Å². The fourth-order valence-electron chi connectivity index (χ4n) is 2.40. The Bertz CT molecular complexity index is 1060. The van der Waals surface area contributed by atoms with E-state index in [0.29, 0.717) is 23.9 Å². The zero-order valence-corrected chi connectivity index (χ0v) is 14.8. The van der Waals surface area contributed by atoms with Crippen LogP contribution in [0, 0.1) is 0 Å². The van der Waals surface area contributed by atoms with Gasteiger partial charge in [-0.15, -0.1) is 10.2 Å². The first kappa shape index (κ1) is 18.4. The van der Waals surface area contributed by atoms with Gasteiger partial charge in [-0.2, -0.15) is 23.0 Å². The number of hydrogen-bond acceptors (Lipinski definition) is 7. The summed E-state index contributed by atoms with van der Waals surface area (Å²) >= 11 is 6.07. The van der Waals surface area contributed by atoms with Gasteiger partial charge >= 0.3 is 6.18 Å². The van der Waals surface area contributed by atoms with Crippen molar-refractivity contribution >= 4 is 17.3 Å². The van der Waals surface area contributed by atoms with E-state index in [-0.39, 0.29) is 23.1 Å². The molecule has 146 valence electrons. The normalized spacial score (nSPS) is 14.3. The highest BCUT2D eigenvalue weighted by atomic mass is 35.5. The van der Waals surface area contributed by atoms with Gasteiger partial charge in [-0.1, -0.05) is 11.6 Å². The van der Waals surface area contributed by atoms with Crippen molar-refractivity contribution in [2.45, 2.75) is 31.5 Å². The maximum Gasteiger partial charge on any atom is 0.417 e. The lowest BCUT2D eigenvalue weighted by Gasteiger charge is -2.10. The second-order valence-electron chi connectivity index (χ2n) is 6.15. The maximum absolute atomic E-state index is 12.6. The van der Waals surface area contributed by atoms with Crippen molar-refractivity contribution in [1.82, 2.24) is 25.0 Å². The van der Waals surface area contributed by atoms with Crippen molar-refractivity contribution in [3.8, 4) is 5.82 Å². The molecule has 1 aliphatic rings. The highest BCUT2D eigenvalue weighted by Crippen LogP contribution is 2.39. The van der Waals surface area contributed by atoms with E-state index in [1.165, 1.54) is 6.20 Å². The van der Waals surface area contributed by atoms with Gasteiger partial charge in [0.15, 0.2) is 5.82 Å². The molecule has 3 heterocycles. The van der Waals surface area contributed by atoms with Crippen molar-refractivity contribution in [2.24, 2.45) is 0 Å². The topological polar surface area (TPSA) is 98.7 Å². The van der Waals surface area contributed by atoms with Crippen LogP contribution in [-0.4, -0.2) is 25.0 Å². The first-order chi connectivity index (χ1) is 13.3. The van der Waals surface area contributed by atoms with Crippen LogP contribution < -0.4 is 10.9 Å². The van der Waals surface area contributed by atoms with Gasteiger partial charge < -0.3 is 9.73 Å². The summed E-state index contributed by atoms with van der Waals surface area (Å²) in [5.74, 6) is 1.17. The molecular weight excluding hydrogens is 401 g/mol. The summed E-state index contributed by atoms with van der Waals surface area (Å²) in [6.45, 7) is 0.142. The van der Waals surface area contributed by atoms with E-state index < -0.39 is 17.3 Å². The van der Waals surface area contributed by atoms with Crippen LogP contribution in [-0.2, 0) is 12.7 Å². The predicted molar refractivity (Wildman–Crippen MR) is 91.2 cm³/mol. The Hall–Kier alpha value is -2.95. The van der Waals surface area contributed by atoms with Gasteiger partial charge in [0.2, 0.25) is 11.8 Å². The van der Waals surface area contributed by atoms with Gasteiger partial charge in [-0.05, 0) is 25.0 Å². The van der Waals surface area contributed by atoms with Crippen molar-refractivity contribution in [3.63, 3.8) is 0 Å². The quantitative estimate of drug-likeness (QED) is 0.687. The van der Waals surface area contributed by atoms with Crippen LogP contribution >= 0.6 is 11.6 Å². The van der Waals surface area contributed by atoms with Crippen molar-refractivity contribution < 1.29 is 17.6 Å². The molecule has 0 spiro atoms. The number of rotatable bonds is 5. The predicted octanol–water partition coefficient (Wildman–Crippen LogP) is 3.17. The summed E-state index contributed by atoms with van der Waals surface area (Å²) in [5, 5.41) is 14.4. The Balaban J connectivity index is 1.52.